The molecule has 0 aliphatic carbocycles. The summed E-state index contributed by atoms with van der Waals surface area (Å²) in [6, 6.07) is 17.8. The zero-order valence-electron chi connectivity index (χ0n) is 17.4. The number of nitrogens with one attached hydrogen (secondary N) is 1. The topological polar surface area (TPSA) is 66.5 Å². The van der Waals surface area contributed by atoms with E-state index in [-0.39, 0.29) is 17.3 Å². The van der Waals surface area contributed by atoms with E-state index in [9.17, 15) is 13.2 Å². The Labute approximate surface area is 187 Å². The second-order valence-corrected chi connectivity index (χ2v) is 9.94. The highest BCUT2D eigenvalue weighted by molar-refractivity contribution is 7.89. The van der Waals surface area contributed by atoms with Gasteiger partial charge in [-0.05, 0) is 73.4 Å². The molecule has 1 heterocycles. The number of nitrogens with zero attached hydrogens (tertiary/aromatic N) is 1. The van der Waals surface area contributed by atoms with E-state index >= 15 is 0 Å². The van der Waals surface area contributed by atoms with Gasteiger partial charge in [0.2, 0.25) is 10.0 Å². The van der Waals surface area contributed by atoms with Gasteiger partial charge in [0.15, 0.2) is 0 Å². The molecule has 0 saturated carbocycles. The van der Waals surface area contributed by atoms with Crippen molar-refractivity contribution < 1.29 is 13.2 Å². The Morgan fingerprint density at radius 3 is 2.48 bits per heavy atom. The Bertz CT molecular complexity index is 1250. The zero-order chi connectivity index (χ0) is 22.2. The smallest absolute Gasteiger partial charge is 0.258 e. The predicted molar refractivity (Wildman–Crippen MR) is 123 cm³/mol. The summed E-state index contributed by atoms with van der Waals surface area (Å²) in [5.74, 6) is -0.0940. The Kier molecular flexibility index (Phi) is 5.88. The first-order valence-corrected chi connectivity index (χ1v) is 11.9. The lowest BCUT2D eigenvalue weighted by Crippen LogP contribution is -2.29. The number of anilines is 1. The lowest BCUT2D eigenvalue weighted by molar-refractivity contribution is 0.0989. The molecule has 0 spiro atoms. The van der Waals surface area contributed by atoms with Crippen molar-refractivity contribution in [1.29, 1.82) is 0 Å². The highest BCUT2D eigenvalue weighted by Gasteiger charge is 2.26. The van der Waals surface area contributed by atoms with Crippen molar-refractivity contribution >= 4 is 33.2 Å². The van der Waals surface area contributed by atoms with E-state index in [1.54, 1.807) is 48.2 Å². The number of aryl methyl sites for hydroxylation is 2. The van der Waals surface area contributed by atoms with Crippen LogP contribution in [0.25, 0.3) is 0 Å². The third kappa shape index (κ3) is 4.51. The van der Waals surface area contributed by atoms with E-state index in [2.05, 4.69) is 4.72 Å². The van der Waals surface area contributed by atoms with Crippen molar-refractivity contribution in [2.75, 3.05) is 11.4 Å². The van der Waals surface area contributed by atoms with Crippen LogP contribution in [0.3, 0.4) is 0 Å². The van der Waals surface area contributed by atoms with E-state index in [0.717, 1.165) is 28.8 Å². The largest absolute Gasteiger partial charge is 0.308 e. The monoisotopic (exact) mass is 454 g/mol. The predicted octanol–water partition coefficient (Wildman–Crippen LogP) is 4.64. The van der Waals surface area contributed by atoms with Crippen molar-refractivity contribution in [2.45, 2.75) is 31.7 Å². The molecule has 31 heavy (non-hydrogen) atoms. The van der Waals surface area contributed by atoms with Crippen molar-refractivity contribution in [1.82, 2.24) is 4.72 Å². The minimum atomic E-state index is -3.64. The van der Waals surface area contributed by atoms with Crippen LogP contribution >= 0.6 is 11.6 Å². The number of carbonyl (C=O) groups excluding carboxylic acids is 1. The number of amides is 1. The van der Waals surface area contributed by atoms with E-state index in [4.69, 9.17) is 11.6 Å². The quantitative estimate of drug-likeness (QED) is 0.610. The SMILES string of the molecule is Cc1ccc(S(=O)(=O)NCc2ccc3c(c2)N(C(=O)c2ccc(Cl)cc2)CC3)c(C)c1. The molecule has 0 fully saturated rings. The van der Waals surface area contributed by atoms with Crippen molar-refractivity contribution in [3.8, 4) is 0 Å². The van der Waals surface area contributed by atoms with Crippen LogP contribution in [0.2, 0.25) is 5.02 Å². The van der Waals surface area contributed by atoms with Crippen LogP contribution in [0, 0.1) is 13.8 Å². The molecule has 3 aromatic carbocycles. The van der Waals surface area contributed by atoms with E-state index < -0.39 is 10.0 Å². The van der Waals surface area contributed by atoms with Gasteiger partial charge in [0.1, 0.15) is 0 Å². The Balaban J connectivity index is 1.54. The second-order valence-electron chi connectivity index (χ2n) is 7.77. The Morgan fingerprint density at radius 2 is 1.77 bits per heavy atom. The number of benzene rings is 3. The fraction of sp³-hybridized carbons (Fsp3) is 0.208. The molecular weight excluding hydrogens is 432 g/mol. The summed E-state index contributed by atoms with van der Waals surface area (Å²) in [5, 5.41) is 0.580. The van der Waals surface area contributed by atoms with Gasteiger partial charge < -0.3 is 4.90 Å². The molecule has 1 amide bonds. The van der Waals surface area contributed by atoms with Gasteiger partial charge in [-0.1, -0.05) is 41.4 Å². The molecule has 1 N–H and O–H groups in total. The number of rotatable bonds is 5. The molecule has 7 heteroatoms. The van der Waals surface area contributed by atoms with Gasteiger partial charge in [0.25, 0.3) is 5.91 Å². The van der Waals surface area contributed by atoms with Crippen LogP contribution in [-0.2, 0) is 23.0 Å². The molecule has 0 atom stereocenters. The summed E-state index contributed by atoms with van der Waals surface area (Å²) in [6.45, 7) is 4.45. The minimum Gasteiger partial charge on any atom is -0.308 e. The third-order valence-electron chi connectivity index (χ3n) is 5.47. The Hall–Kier alpha value is -2.67. The number of carbonyl (C=O) groups is 1. The molecule has 0 bridgehead atoms. The minimum absolute atomic E-state index is 0.0940. The standard InChI is InChI=1S/C24H23ClN2O3S/c1-16-3-10-23(17(2)13-16)31(29,30)26-15-18-4-5-19-11-12-27(22(19)14-18)24(28)20-6-8-21(25)9-7-20/h3-10,13-14,26H,11-12,15H2,1-2H3. The van der Waals surface area contributed by atoms with E-state index in [1.807, 2.05) is 31.2 Å². The van der Waals surface area contributed by atoms with Gasteiger partial charge in [-0.2, -0.15) is 0 Å². The molecule has 1 aliphatic heterocycles. The van der Waals surface area contributed by atoms with Crippen LogP contribution in [0.4, 0.5) is 5.69 Å². The van der Waals surface area contributed by atoms with Gasteiger partial charge in [0.05, 0.1) is 4.90 Å². The molecule has 3 aromatic rings. The van der Waals surface area contributed by atoms with Gasteiger partial charge in [0, 0.05) is 29.4 Å². The average molecular weight is 455 g/mol. The Morgan fingerprint density at radius 1 is 1.03 bits per heavy atom. The van der Waals surface area contributed by atoms with Crippen molar-refractivity contribution in [3.63, 3.8) is 0 Å². The summed E-state index contributed by atoms with van der Waals surface area (Å²) in [6.07, 6.45) is 0.767. The fourth-order valence-electron chi connectivity index (χ4n) is 3.85. The first-order valence-electron chi connectivity index (χ1n) is 10.0. The van der Waals surface area contributed by atoms with Crippen LogP contribution < -0.4 is 9.62 Å². The van der Waals surface area contributed by atoms with E-state index in [1.165, 1.54) is 0 Å². The summed E-state index contributed by atoms with van der Waals surface area (Å²) in [7, 11) is -3.64. The van der Waals surface area contributed by atoms with Gasteiger partial charge in [-0.15, -0.1) is 0 Å². The summed E-state index contributed by atoms with van der Waals surface area (Å²) >= 11 is 5.93. The second kappa shape index (κ2) is 8.46. The number of hydrogen-bond donors (Lipinski definition) is 1. The van der Waals surface area contributed by atoms with E-state index in [0.29, 0.717) is 22.7 Å². The van der Waals surface area contributed by atoms with Crippen molar-refractivity contribution in [3.05, 3.63) is 93.5 Å². The van der Waals surface area contributed by atoms with Crippen LogP contribution in [0.5, 0.6) is 0 Å². The first kappa shape index (κ1) is 21.6. The average Bonchev–Trinajstić information content (AvgIpc) is 3.15. The molecule has 0 unspecified atom stereocenters. The van der Waals surface area contributed by atoms with Gasteiger partial charge in [-0.25, -0.2) is 13.1 Å². The number of hydrogen-bond acceptors (Lipinski definition) is 3. The molecule has 0 saturated heterocycles. The van der Waals surface area contributed by atoms with Gasteiger partial charge in [-0.3, -0.25) is 4.79 Å². The lowest BCUT2D eigenvalue weighted by atomic mass is 10.1. The first-order chi connectivity index (χ1) is 14.7. The fourth-order valence-corrected chi connectivity index (χ4v) is 5.22. The lowest BCUT2D eigenvalue weighted by Gasteiger charge is -2.18. The van der Waals surface area contributed by atoms with Crippen LogP contribution in [0.15, 0.2) is 65.6 Å². The number of halogens is 1. The zero-order valence-corrected chi connectivity index (χ0v) is 18.9. The summed E-state index contributed by atoms with van der Waals surface area (Å²) < 4.78 is 28.2. The summed E-state index contributed by atoms with van der Waals surface area (Å²) in [4.78, 5) is 15.0. The number of sulfonamides is 1. The summed E-state index contributed by atoms with van der Waals surface area (Å²) in [5.41, 5.74) is 4.98. The van der Waals surface area contributed by atoms with Crippen LogP contribution in [-0.4, -0.2) is 20.9 Å². The maximum Gasteiger partial charge on any atom is 0.258 e. The van der Waals surface area contributed by atoms with Gasteiger partial charge >= 0.3 is 0 Å². The van der Waals surface area contributed by atoms with Crippen LogP contribution in [0.1, 0.15) is 32.6 Å². The molecule has 0 aromatic heterocycles. The highest BCUT2D eigenvalue weighted by atomic mass is 35.5. The molecule has 5 nitrogen and oxygen atoms in total. The molecule has 1 aliphatic rings. The third-order valence-corrected chi connectivity index (χ3v) is 7.28. The maximum atomic E-state index is 13.0. The molecule has 160 valence electrons. The normalized spacial score (nSPS) is 13.3. The highest BCUT2D eigenvalue weighted by Crippen LogP contribution is 2.31. The van der Waals surface area contributed by atoms with Crippen molar-refractivity contribution in [2.24, 2.45) is 0 Å². The molecular formula is C24H23ClN2O3S. The molecule has 0 radical (unpaired) electrons. The number of fused-ring (bicyclic) bond motifs is 1. The molecule has 4 rings (SSSR count). The maximum absolute atomic E-state index is 13.0.